The number of amides is 1. The molecule has 0 aromatic heterocycles. The lowest BCUT2D eigenvalue weighted by Gasteiger charge is -2.29. The van der Waals surface area contributed by atoms with Gasteiger partial charge in [-0.3, -0.25) is 4.79 Å². The first-order valence-electron chi connectivity index (χ1n) is 9.05. The van der Waals surface area contributed by atoms with Crippen molar-refractivity contribution < 1.29 is 9.69 Å². The van der Waals surface area contributed by atoms with Crippen LogP contribution in [0.3, 0.4) is 0 Å². The molecule has 0 spiro atoms. The second-order valence-electron chi connectivity index (χ2n) is 6.97. The lowest BCUT2D eigenvalue weighted by molar-refractivity contribution is -0.919. The average molecular weight is 358 g/mol. The second-order valence-corrected chi connectivity index (χ2v) is 7.40. The van der Waals surface area contributed by atoms with Crippen LogP contribution in [0.25, 0.3) is 0 Å². The van der Waals surface area contributed by atoms with E-state index in [4.69, 9.17) is 11.6 Å². The molecule has 0 aliphatic carbocycles. The Balaban J connectivity index is 1.46. The van der Waals surface area contributed by atoms with Gasteiger partial charge in [-0.1, -0.05) is 54.1 Å². The molecule has 3 rings (SSSR count). The van der Waals surface area contributed by atoms with Crippen LogP contribution in [-0.4, -0.2) is 19.0 Å². The zero-order valence-corrected chi connectivity index (χ0v) is 15.4. The van der Waals surface area contributed by atoms with E-state index in [0.29, 0.717) is 0 Å². The van der Waals surface area contributed by atoms with E-state index < -0.39 is 0 Å². The van der Waals surface area contributed by atoms with Crippen molar-refractivity contribution in [2.75, 3.05) is 13.1 Å². The average Bonchev–Trinajstić information content (AvgIpc) is 2.65. The number of quaternary nitrogens is 1. The minimum Gasteiger partial charge on any atom is -0.349 e. The smallest absolute Gasteiger partial charge is 0.224 e. The van der Waals surface area contributed by atoms with Crippen molar-refractivity contribution in [2.24, 2.45) is 5.92 Å². The fourth-order valence-electron chi connectivity index (χ4n) is 3.51. The second kappa shape index (κ2) is 8.50. The number of nitrogens with one attached hydrogen (secondary N) is 2. The molecule has 1 atom stereocenters. The van der Waals surface area contributed by atoms with Gasteiger partial charge in [-0.25, -0.2) is 0 Å². The highest BCUT2D eigenvalue weighted by atomic mass is 35.5. The largest absolute Gasteiger partial charge is 0.349 e. The Morgan fingerprint density at radius 1 is 1.12 bits per heavy atom. The van der Waals surface area contributed by atoms with Crippen LogP contribution in [-0.2, 0) is 11.3 Å². The van der Waals surface area contributed by atoms with E-state index >= 15 is 0 Å². The van der Waals surface area contributed by atoms with Crippen molar-refractivity contribution in [1.29, 1.82) is 0 Å². The van der Waals surface area contributed by atoms with E-state index in [1.54, 1.807) is 4.90 Å². The van der Waals surface area contributed by atoms with Gasteiger partial charge in [-0.05, 0) is 24.6 Å². The maximum Gasteiger partial charge on any atom is 0.224 e. The Labute approximate surface area is 155 Å². The molecule has 132 valence electrons. The van der Waals surface area contributed by atoms with Gasteiger partial charge in [0, 0.05) is 29.3 Å². The van der Waals surface area contributed by atoms with Gasteiger partial charge in [0.05, 0.1) is 19.1 Å². The molecule has 0 bridgehead atoms. The van der Waals surface area contributed by atoms with E-state index in [1.807, 2.05) is 37.3 Å². The Bertz CT molecular complexity index is 679. The summed E-state index contributed by atoms with van der Waals surface area (Å²) in [5.74, 6) is 0.335. The van der Waals surface area contributed by atoms with Crippen LogP contribution in [0.2, 0.25) is 5.02 Å². The van der Waals surface area contributed by atoms with E-state index in [0.717, 1.165) is 43.1 Å². The standard InChI is InChI=1S/C21H25ClN2O/c1-16(18-5-3-2-4-6-18)23-21(25)19-11-13-24(14-12-19)15-17-7-9-20(22)10-8-17/h2-10,16,19H,11-15H2,1H3,(H,23,25)/p+1/t16-/m1/s1. The zero-order chi connectivity index (χ0) is 17.6. The molecule has 1 aliphatic heterocycles. The fourth-order valence-corrected chi connectivity index (χ4v) is 3.64. The van der Waals surface area contributed by atoms with Gasteiger partial charge in [-0.2, -0.15) is 0 Å². The van der Waals surface area contributed by atoms with Gasteiger partial charge in [0.1, 0.15) is 6.54 Å². The topological polar surface area (TPSA) is 33.5 Å². The number of halogens is 1. The molecule has 2 aromatic rings. The third kappa shape index (κ3) is 5.07. The van der Waals surface area contributed by atoms with E-state index in [2.05, 4.69) is 29.6 Å². The van der Waals surface area contributed by atoms with Gasteiger partial charge in [0.25, 0.3) is 0 Å². The van der Waals surface area contributed by atoms with Crippen LogP contribution in [0.15, 0.2) is 54.6 Å². The van der Waals surface area contributed by atoms with Crippen molar-refractivity contribution in [1.82, 2.24) is 5.32 Å². The molecule has 0 saturated carbocycles. The molecule has 1 aliphatic rings. The summed E-state index contributed by atoms with van der Waals surface area (Å²) in [5, 5.41) is 3.95. The van der Waals surface area contributed by atoms with Crippen LogP contribution in [0.5, 0.6) is 0 Å². The molecular formula is C21H26ClN2O+. The van der Waals surface area contributed by atoms with Crippen molar-refractivity contribution in [3.05, 3.63) is 70.7 Å². The molecule has 2 N–H and O–H groups in total. The van der Waals surface area contributed by atoms with Crippen molar-refractivity contribution in [2.45, 2.75) is 32.4 Å². The van der Waals surface area contributed by atoms with Crippen LogP contribution < -0.4 is 10.2 Å². The maximum absolute atomic E-state index is 12.5. The summed E-state index contributed by atoms with van der Waals surface area (Å²) in [5.41, 5.74) is 2.46. The van der Waals surface area contributed by atoms with Gasteiger partial charge < -0.3 is 10.2 Å². The third-order valence-electron chi connectivity index (χ3n) is 5.09. The van der Waals surface area contributed by atoms with Crippen LogP contribution in [0.4, 0.5) is 0 Å². The zero-order valence-electron chi connectivity index (χ0n) is 14.7. The van der Waals surface area contributed by atoms with Crippen molar-refractivity contribution in [3.8, 4) is 0 Å². The number of hydrogen-bond donors (Lipinski definition) is 2. The maximum atomic E-state index is 12.5. The normalized spacial score (nSPS) is 21.5. The predicted molar refractivity (Wildman–Crippen MR) is 102 cm³/mol. The third-order valence-corrected chi connectivity index (χ3v) is 5.34. The summed E-state index contributed by atoms with van der Waals surface area (Å²) in [6.45, 7) is 5.14. The quantitative estimate of drug-likeness (QED) is 0.847. The Kier molecular flexibility index (Phi) is 6.11. The van der Waals surface area contributed by atoms with E-state index in [9.17, 15) is 4.79 Å². The first-order valence-corrected chi connectivity index (χ1v) is 9.43. The SMILES string of the molecule is C[C@@H](NC(=O)C1CC[NH+](Cc2ccc(Cl)cc2)CC1)c1ccccc1. The van der Waals surface area contributed by atoms with Crippen LogP contribution >= 0.6 is 11.6 Å². The fraction of sp³-hybridized carbons (Fsp3) is 0.381. The number of likely N-dealkylation sites (tertiary alicyclic amines) is 1. The summed E-state index contributed by atoms with van der Waals surface area (Å²) in [6, 6.07) is 18.3. The van der Waals surface area contributed by atoms with Gasteiger partial charge in [0.2, 0.25) is 5.91 Å². The number of carbonyl (C=O) groups excluding carboxylic acids is 1. The van der Waals surface area contributed by atoms with Crippen molar-refractivity contribution in [3.63, 3.8) is 0 Å². The summed E-state index contributed by atoms with van der Waals surface area (Å²) in [6.07, 6.45) is 1.91. The van der Waals surface area contributed by atoms with Gasteiger partial charge >= 0.3 is 0 Å². The van der Waals surface area contributed by atoms with Crippen LogP contribution in [0.1, 0.15) is 36.9 Å². The summed E-state index contributed by atoms with van der Waals surface area (Å²) >= 11 is 5.94. The minimum atomic E-state index is 0.0631. The number of piperidine rings is 1. The Hall–Kier alpha value is -1.84. The monoisotopic (exact) mass is 357 g/mol. The van der Waals surface area contributed by atoms with Gasteiger partial charge in [-0.15, -0.1) is 0 Å². The molecule has 4 heteroatoms. The summed E-state index contributed by atoms with van der Waals surface area (Å²) < 4.78 is 0. The predicted octanol–water partition coefficient (Wildman–Crippen LogP) is 3.01. The number of hydrogen-bond acceptors (Lipinski definition) is 1. The number of benzene rings is 2. The molecule has 0 radical (unpaired) electrons. The summed E-state index contributed by atoms with van der Waals surface area (Å²) in [7, 11) is 0. The highest BCUT2D eigenvalue weighted by Gasteiger charge is 2.28. The first kappa shape index (κ1) is 18.0. The molecule has 1 fully saturated rings. The number of rotatable bonds is 5. The highest BCUT2D eigenvalue weighted by Crippen LogP contribution is 2.16. The molecule has 1 amide bonds. The summed E-state index contributed by atoms with van der Waals surface area (Å²) in [4.78, 5) is 14.1. The van der Waals surface area contributed by atoms with Crippen molar-refractivity contribution >= 4 is 17.5 Å². The Morgan fingerprint density at radius 2 is 1.76 bits per heavy atom. The Morgan fingerprint density at radius 3 is 2.40 bits per heavy atom. The van der Waals surface area contributed by atoms with E-state index in [-0.39, 0.29) is 17.9 Å². The van der Waals surface area contributed by atoms with Crippen LogP contribution in [0, 0.1) is 5.92 Å². The highest BCUT2D eigenvalue weighted by molar-refractivity contribution is 6.30. The molecular weight excluding hydrogens is 332 g/mol. The van der Waals surface area contributed by atoms with E-state index in [1.165, 1.54) is 5.56 Å². The molecule has 1 heterocycles. The first-order chi connectivity index (χ1) is 12.1. The lowest BCUT2D eigenvalue weighted by Crippen LogP contribution is -3.11. The molecule has 0 unspecified atom stereocenters. The molecule has 1 saturated heterocycles. The van der Waals surface area contributed by atoms with Gasteiger partial charge in [0.15, 0.2) is 0 Å². The number of carbonyl (C=O) groups is 1. The lowest BCUT2D eigenvalue weighted by atomic mass is 9.95. The molecule has 25 heavy (non-hydrogen) atoms. The molecule has 3 nitrogen and oxygen atoms in total. The minimum absolute atomic E-state index is 0.0631. The molecule has 2 aromatic carbocycles.